The van der Waals surface area contributed by atoms with Crippen molar-refractivity contribution in [3.8, 4) is 11.8 Å². The molecule has 0 saturated carbocycles. The molecule has 0 radical (unpaired) electrons. The molecular formula is C11H6ClF6NO. The number of primary amides is 1. The molecule has 0 aliphatic heterocycles. The van der Waals surface area contributed by atoms with Gasteiger partial charge in [-0.25, -0.2) is 0 Å². The molecule has 0 bridgehead atoms. The van der Waals surface area contributed by atoms with Gasteiger partial charge in [0, 0.05) is 5.56 Å². The van der Waals surface area contributed by atoms with Crippen LogP contribution in [0.15, 0.2) is 18.2 Å². The summed E-state index contributed by atoms with van der Waals surface area (Å²) in [4.78, 5) is 10.3. The summed E-state index contributed by atoms with van der Waals surface area (Å²) >= 11 is 0. The summed E-state index contributed by atoms with van der Waals surface area (Å²) in [7, 11) is 0. The average Bonchev–Trinajstić information content (AvgIpc) is 2.23. The van der Waals surface area contributed by atoms with Crippen LogP contribution in [-0.4, -0.2) is 5.91 Å². The Morgan fingerprint density at radius 1 is 0.950 bits per heavy atom. The lowest BCUT2D eigenvalue weighted by atomic mass is 10.0. The lowest BCUT2D eigenvalue weighted by Gasteiger charge is -2.12. The third-order valence-electron chi connectivity index (χ3n) is 1.92. The van der Waals surface area contributed by atoms with Gasteiger partial charge in [0.15, 0.2) is 0 Å². The zero-order valence-electron chi connectivity index (χ0n) is 9.39. The molecule has 110 valence electrons. The predicted octanol–water partition coefficient (Wildman–Crippen LogP) is 2.98. The minimum Gasteiger partial charge on any atom is -0.359 e. The number of hydrogen-bond acceptors (Lipinski definition) is 1. The first-order chi connectivity index (χ1) is 8.50. The van der Waals surface area contributed by atoms with Crippen LogP contribution < -0.4 is 5.73 Å². The lowest BCUT2D eigenvalue weighted by molar-refractivity contribution is -0.143. The molecule has 0 aliphatic rings. The Bertz CT molecular complexity index is 535. The smallest absolute Gasteiger partial charge is 0.359 e. The van der Waals surface area contributed by atoms with Crippen molar-refractivity contribution in [3.63, 3.8) is 0 Å². The van der Waals surface area contributed by atoms with Crippen LogP contribution in [0.5, 0.6) is 0 Å². The van der Waals surface area contributed by atoms with Gasteiger partial charge in [-0.15, -0.1) is 12.4 Å². The molecule has 9 heteroatoms. The molecule has 0 heterocycles. The van der Waals surface area contributed by atoms with Gasteiger partial charge in [-0.3, -0.25) is 4.79 Å². The molecule has 0 saturated heterocycles. The fraction of sp³-hybridized carbons (Fsp3) is 0.182. The first-order valence-electron chi connectivity index (χ1n) is 4.61. The van der Waals surface area contributed by atoms with Crippen LogP contribution in [0.2, 0.25) is 0 Å². The maximum atomic E-state index is 12.4. The maximum absolute atomic E-state index is 12.4. The zero-order chi connectivity index (χ0) is 14.8. The second-order valence-electron chi connectivity index (χ2n) is 3.41. The van der Waals surface area contributed by atoms with Gasteiger partial charge in [-0.05, 0) is 24.1 Å². The van der Waals surface area contributed by atoms with E-state index in [1.54, 1.807) is 5.92 Å². The summed E-state index contributed by atoms with van der Waals surface area (Å²) in [6.45, 7) is 0. The number of nitrogens with two attached hydrogens (primary N) is 1. The topological polar surface area (TPSA) is 43.1 Å². The molecule has 1 rings (SSSR count). The van der Waals surface area contributed by atoms with Crippen LogP contribution in [0, 0.1) is 11.8 Å². The molecular weight excluding hydrogens is 312 g/mol. The average molecular weight is 318 g/mol. The Kier molecular flexibility index (Phi) is 5.48. The second-order valence-corrected chi connectivity index (χ2v) is 3.41. The highest BCUT2D eigenvalue weighted by Crippen LogP contribution is 2.36. The number of benzene rings is 1. The van der Waals surface area contributed by atoms with Crippen LogP contribution in [0.1, 0.15) is 16.7 Å². The summed E-state index contributed by atoms with van der Waals surface area (Å²) in [6.07, 6.45) is -9.91. The number of amides is 1. The number of alkyl halides is 6. The molecule has 20 heavy (non-hydrogen) atoms. The van der Waals surface area contributed by atoms with E-state index in [1.807, 2.05) is 5.92 Å². The molecule has 1 amide bonds. The molecule has 0 aliphatic carbocycles. The highest BCUT2D eigenvalue weighted by Gasteiger charge is 2.36. The quantitative estimate of drug-likeness (QED) is 0.580. The molecule has 0 unspecified atom stereocenters. The summed E-state index contributed by atoms with van der Waals surface area (Å²) in [5.74, 6) is 2.36. The number of carbonyl (C=O) groups excluding carboxylic acids is 1. The van der Waals surface area contributed by atoms with Gasteiger partial charge in [0.2, 0.25) is 0 Å². The van der Waals surface area contributed by atoms with Crippen LogP contribution in [0.4, 0.5) is 26.3 Å². The Morgan fingerprint density at radius 2 is 1.35 bits per heavy atom. The number of halogens is 7. The number of carbonyl (C=O) groups is 1. The van der Waals surface area contributed by atoms with E-state index in [9.17, 15) is 31.1 Å². The molecule has 0 fully saturated rings. The molecule has 0 spiro atoms. The van der Waals surface area contributed by atoms with Gasteiger partial charge >= 0.3 is 12.4 Å². The van der Waals surface area contributed by atoms with Crippen LogP contribution in [0.25, 0.3) is 0 Å². The van der Waals surface area contributed by atoms with E-state index in [4.69, 9.17) is 0 Å². The van der Waals surface area contributed by atoms with E-state index < -0.39 is 35.0 Å². The SMILES string of the molecule is Cl.NC(=O)C#Cc1cc(C(F)(F)F)cc(C(F)(F)F)c1. The van der Waals surface area contributed by atoms with Crippen molar-refractivity contribution in [2.75, 3.05) is 0 Å². The van der Waals surface area contributed by atoms with Gasteiger partial charge < -0.3 is 5.73 Å². The molecule has 2 N–H and O–H groups in total. The van der Waals surface area contributed by atoms with Crippen molar-refractivity contribution < 1.29 is 31.1 Å². The molecule has 1 aromatic carbocycles. The van der Waals surface area contributed by atoms with Crippen LogP contribution in [-0.2, 0) is 17.1 Å². The molecule has 0 aromatic heterocycles. The Hall–Kier alpha value is -1.88. The summed E-state index contributed by atoms with van der Waals surface area (Å²) in [5, 5.41) is 0. The van der Waals surface area contributed by atoms with Crippen molar-refractivity contribution in [2.45, 2.75) is 12.4 Å². The van der Waals surface area contributed by atoms with E-state index >= 15 is 0 Å². The summed E-state index contributed by atoms with van der Waals surface area (Å²) in [5.41, 5.74) is 1.03. The zero-order valence-corrected chi connectivity index (χ0v) is 10.2. The monoisotopic (exact) mass is 317 g/mol. The normalized spacial score (nSPS) is 11.1. The van der Waals surface area contributed by atoms with Crippen molar-refractivity contribution in [2.24, 2.45) is 5.73 Å². The number of hydrogen-bond donors (Lipinski definition) is 1. The van der Waals surface area contributed by atoms with Gasteiger partial charge in [0.05, 0.1) is 11.1 Å². The van der Waals surface area contributed by atoms with Gasteiger partial charge in [0.25, 0.3) is 5.91 Å². The van der Waals surface area contributed by atoms with Crippen LogP contribution in [0.3, 0.4) is 0 Å². The highest BCUT2D eigenvalue weighted by molar-refractivity contribution is 5.92. The second kappa shape index (κ2) is 6.05. The van der Waals surface area contributed by atoms with E-state index in [0.29, 0.717) is 12.1 Å². The van der Waals surface area contributed by atoms with Crippen molar-refractivity contribution in [1.29, 1.82) is 0 Å². The minimum absolute atomic E-state index is 0. The van der Waals surface area contributed by atoms with E-state index in [2.05, 4.69) is 5.73 Å². The highest BCUT2D eigenvalue weighted by atomic mass is 35.5. The third kappa shape index (κ3) is 5.01. The number of rotatable bonds is 0. The fourth-order valence-electron chi connectivity index (χ4n) is 1.16. The molecule has 0 atom stereocenters. The Morgan fingerprint density at radius 3 is 1.65 bits per heavy atom. The predicted molar refractivity (Wildman–Crippen MR) is 59.8 cm³/mol. The van der Waals surface area contributed by atoms with E-state index in [-0.39, 0.29) is 18.5 Å². The molecule has 1 aromatic rings. The maximum Gasteiger partial charge on any atom is 0.416 e. The Balaban J connectivity index is 0.00000361. The van der Waals surface area contributed by atoms with Gasteiger partial charge in [0.1, 0.15) is 0 Å². The van der Waals surface area contributed by atoms with Gasteiger partial charge in [-0.1, -0.05) is 5.92 Å². The first kappa shape index (κ1) is 18.1. The van der Waals surface area contributed by atoms with Gasteiger partial charge in [-0.2, -0.15) is 26.3 Å². The van der Waals surface area contributed by atoms with Crippen molar-refractivity contribution in [3.05, 3.63) is 34.9 Å². The standard InChI is InChI=1S/C11H5F6NO.ClH/c12-10(13,14)7-3-6(1-2-9(18)19)4-8(5-7)11(15,16)17;/h3-5H,(H2,18,19);1H. The van der Waals surface area contributed by atoms with E-state index in [1.165, 1.54) is 0 Å². The van der Waals surface area contributed by atoms with Crippen molar-refractivity contribution >= 4 is 18.3 Å². The lowest BCUT2D eigenvalue weighted by Crippen LogP contribution is -2.11. The molecule has 2 nitrogen and oxygen atoms in total. The summed E-state index contributed by atoms with van der Waals surface area (Å²) < 4.78 is 74.6. The van der Waals surface area contributed by atoms with Crippen molar-refractivity contribution in [1.82, 2.24) is 0 Å². The summed E-state index contributed by atoms with van der Waals surface area (Å²) in [6, 6.07) is 0.784. The minimum atomic E-state index is -4.95. The third-order valence-corrected chi connectivity index (χ3v) is 1.92. The first-order valence-corrected chi connectivity index (χ1v) is 4.61. The van der Waals surface area contributed by atoms with E-state index in [0.717, 1.165) is 0 Å². The van der Waals surface area contributed by atoms with Crippen LogP contribution >= 0.6 is 12.4 Å². The largest absolute Gasteiger partial charge is 0.416 e. The Labute approximate surface area is 115 Å². The fourth-order valence-corrected chi connectivity index (χ4v) is 1.16.